The molecule has 0 saturated carbocycles. The zero-order valence-corrected chi connectivity index (χ0v) is 14.6. The molecular formula is C20H15FN2O5. The van der Waals surface area contributed by atoms with Gasteiger partial charge in [-0.1, -0.05) is 18.2 Å². The number of para-hydroxylation sites is 1. The summed E-state index contributed by atoms with van der Waals surface area (Å²) < 4.78 is 18.4. The van der Waals surface area contributed by atoms with E-state index in [2.05, 4.69) is 11.9 Å². The Kier molecular flexibility index (Phi) is 5.30. The Hall–Kier alpha value is -3.81. The molecule has 2 aromatic rings. The molecule has 1 heterocycles. The molecule has 0 unspecified atom stereocenters. The van der Waals surface area contributed by atoms with Crippen LogP contribution in [0.15, 0.2) is 55.1 Å². The molecule has 0 fully saturated rings. The molecule has 1 N–H and O–H groups in total. The highest BCUT2D eigenvalue weighted by atomic mass is 19.1. The zero-order valence-electron chi connectivity index (χ0n) is 14.6. The van der Waals surface area contributed by atoms with E-state index in [1.807, 2.05) is 0 Å². The Bertz CT molecular complexity index is 1000. The van der Waals surface area contributed by atoms with Crippen molar-refractivity contribution in [2.24, 2.45) is 0 Å². The van der Waals surface area contributed by atoms with Crippen LogP contribution in [0.2, 0.25) is 0 Å². The maximum atomic E-state index is 13.5. The van der Waals surface area contributed by atoms with E-state index in [1.165, 1.54) is 42.5 Å². The molecule has 3 rings (SSSR count). The van der Waals surface area contributed by atoms with E-state index >= 15 is 0 Å². The van der Waals surface area contributed by atoms with Gasteiger partial charge in [0.25, 0.3) is 17.7 Å². The third-order valence-electron chi connectivity index (χ3n) is 4.00. The van der Waals surface area contributed by atoms with E-state index < -0.39 is 36.1 Å². The van der Waals surface area contributed by atoms with Gasteiger partial charge in [0.05, 0.1) is 22.4 Å². The van der Waals surface area contributed by atoms with Crippen LogP contribution in [0.5, 0.6) is 0 Å². The van der Waals surface area contributed by atoms with Gasteiger partial charge in [-0.15, -0.1) is 6.58 Å². The summed E-state index contributed by atoms with van der Waals surface area (Å²) in [6.45, 7) is 2.91. The molecule has 142 valence electrons. The fourth-order valence-corrected chi connectivity index (χ4v) is 2.68. The van der Waals surface area contributed by atoms with E-state index in [9.17, 15) is 23.6 Å². The average Bonchev–Trinajstić information content (AvgIpc) is 2.92. The Labute approximate surface area is 159 Å². The maximum absolute atomic E-state index is 13.5. The van der Waals surface area contributed by atoms with Crippen molar-refractivity contribution in [1.29, 1.82) is 0 Å². The molecule has 28 heavy (non-hydrogen) atoms. The lowest BCUT2D eigenvalue weighted by Gasteiger charge is -2.09. The highest BCUT2D eigenvalue weighted by molar-refractivity contribution is 6.22. The van der Waals surface area contributed by atoms with Crippen LogP contribution in [0.1, 0.15) is 31.1 Å². The van der Waals surface area contributed by atoms with E-state index in [0.29, 0.717) is 0 Å². The number of carbonyl (C=O) groups is 4. The predicted molar refractivity (Wildman–Crippen MR) is 97.3 cm³/mol. The highest BCUT2D eigenvalue weighted by Crippen LogP contribution is 2.24. The summed E-state index contributed by atoms with van der Waals surface area (Å²) in [7, 11) is 0. The van der Waals surface area contributed by atoms with Gasteiger partial charge in [-0.2, -0.15) is 0 Å². The number of nitrogens with one attached hydrogen (secondary N) is 1. The SMILES string of the molecule is C=CCN1C(=O)c2ccc(C(=O)OCC(=O)Nc3ccccc3F)cc2C1=O. The molecule has 0 spiro atoms. The van der Waals surface area contributed by atoms with Gasteiger partial charge in [0.1, 0.15) is 5.82 Å². The maximum Gasteiger partial charge on any atom is 0.338 e. The molecule has 1 aliphatic rings. The second kappa shape index (κ2) is 7.83. The van der Waals surface area contributed by atoms with Crippen molar-refractivity contribution in [3.05, 3.63) is 77.6 Å². The largest absolute Gasteiger partial charge is 0.452 e. The minimum atomic E-state index is -0.853. The molecule has 0 aliphatic carbocycles. The molecule has 2 aromatic carbocycles. The highest BCUT2D eigenvalue weighted by Gasteiger charge is 2.35. The number of amides is 3. The van der Waals surface area contributed by atoms with Crippen molar-refractivity contribution < 1.29 is 28.3 Å². The number of fused-ring (bicyclic) bond motifs is 1. The van der Waals surface area contributed by atoms with Crippen LogP contribution in [-0.4, -0.2) is 41.7 Å². The number of hydrogen-bond donors (Lipinski definition) is 1. The Morgan fingerprint density at radius 1 is 1.11 bits per heavy atom. The van der Waals surface area contributed by atoms with Crippen LogP contribution in [0.3, 0.4) is 0 Å². The Morgan fingerprint density at radius 2 is 1.82 bits per heavy atom. The summed E-state index contributed by atoms with van der Waals surface area (Å²) in [6.07, 6.45) is 1.42. The quantitative estimate of drug-likeness (QED) is 0.471. The van der Waals surface area contributed by atoms with Crippen molar-refractivity contribution in [3.8, 4) is 0 Å². The minimum absolute atomic E-state index is 0.0130. The summed E-state index contributed by atoms with van der Waals surface area (Å²) in [5.41, 5.74) is 0.240. The van der Waals surface area contributed by atoms with Gasteiger partial charge in [-0.25, -0.2) is 9.18 Å². The number of hydrogen-bond acceptors (Lipinski definition) is 5. The van der Waals surface area contributed by atoms with Gasteiger partial charge in [-0.3, -0.25) is 19.3 Å². The van der Waals surface area contributed by atoms with Gasteiger partial charge in [0, 0.05) is 6.54 Å². The van der Waals surface area contributed by atoms with Crippen molar-refractivity contribution in [2.75, 3.05) is 18.5 Å². The monoisotopic (exact) mass is 382 g/mol. The van der Waals surface area contributed by atoms with E-state index in [1.54, 1.807) is 6.07 Å². The van der Waals surface area contributed by atoms with Crippen LogP contribution < -0.4 is 5.32 Å². The van der Waals surface area contributed by atoms with Crippen LogP contribution in [-0.2, 0) is 9.53 Å². The lowest BCUT2D eigenvalue weighted by molar-refractivity contribution is -0.119. The van der Waals surface area contributed by atoms with Crippen molar-refractivity contribution >= 4 is 29.4 Å². The van der Waals surface area contributed by atoms with Crippen LogP contribution in [0.4, 0.5) is 10.1 Å². The fraction of sp³-hybridized carbons (Fsp3) is 0.100. The average molecular weight is 382 g/mol. The number of nitrogens with zero attached hydrogens (tertiary/aromatic N) is 1. The third-order valence-corrected chi connectivity index (χ3v) is 4.00. The van der Waals surface area contributed by atoms with Gasteiger partial charge in [0.2, 0.25) is 0 Å². The molecule has 0 saturated heterocycles. The van der Waals surface area contributed by atoms with E-state index in [4.69, 9.17) is 4.74 Å². The van der Waals surface area contributed by atoms with Crippen LogP contribution >= 0.6 is 0 Å². The van der Waals surface area contributed by atoms with Gasteiger partial charge >= 0.3 is 5.97 Å². The Balaban J connectivity index is 1.65. The second-order valence-corrected chi connectivity index (χ2v) is 5.87. The standard InChI is InChI=1S/C20H15FN2O5/c1-2-9-23-18(25)13-8-7-12(10-14(13)19(23)26)20(27)28-11-17(24)22-16-6-4-3-5-15(16)21/h2-8,10H,1,9,11H2,(H,22,24). The number of anilines is 1. The molecule has 8 heteroatoms. The van der Waals surface area contributed by atoms with Gasteiger partial charge in [-0.05, 0) is 30.3 Å². The second-order valence-electron chi connectivity index (χ2n) is 5.87. The summed E-state index contributed by atoms with van der Waals surface area (Å²) in [6, 6.07) is 9.50. The van der Waals surface area contributed by atoms with E-state index in [-0.39, 0.29) is 28.9 Å². The van der Waals surface area contributed by atoms with Crippen molar-refractivity contribution in [2.45, 2.75) is 0 Å². The van der Waals surface area contributed by atoms with Crippen LogP contribution in [0, 0.1) is 5.82 Å². The smallest absolute Gasteiger partial charge is 0.338 e. The molecule has 1 aliphatic heterocycles. The molecule has 7 nitrogen and oxygen atoms in total. The number of esters is 1. The fourth-order valence-electron chi connectivity index (χ4n) is 2.68. The normalized spacial score (nSPS) is 12.5. The predicted octanol–water partition coefficient (Wildman–Crippen LogP) is 2.40. The molecule has 0 bridgehead atoms. The summed E-state index contributed by atoms with van der Waals surface area (Å²) >= 11 is 0. The first-order chi connectivity index (χ1) is 13.4. The number of imide groups is 1. The topological polar surface area (TPSA) is 92.8 Å². The third kappa shape index (κ3) is 3.66. The molecule has 0 atom stereocenters. The van der Waals surface area contributed by atoms with Crippen molar-refractivity contribution in [3.63, 3.8) is 0 Å². The molecular weight excluding hydrogens is 367 g/mol. The molecule has 0 aromatic heterocycles. The first kappa shape index (κ1) is 19.0. The van der Waals surface area contributed by atoms with Gasteiger partial charge in [0.15, 0.2) is 6.61 Å². The van der Waals surface area contributed by atoms with Gasteiger partial charge < -0.3 is 10.1 Å². The number of halogens is 1. The van der Waals surface area contributed by atoms with Crippen LogP contribution in [0.25, 0.3) is 0 Å². The molecule has 0 radical (unpaired) electrons. The summed E-state index contributed by atoms with van der Waals surface area (Å²) in [4.78, 5) is 49.4. The lowest BCUT2D eigenvalue weighted by Crippen LogP contribution is -2.29. The zero-order chi connectivity index (χ0) is 20.3. The first-order valence-corrected chi connectivity index (χ1v) is 8.25. The number of ether oxygens (including phenoxy) is 1. The summed E-state index contributed by atoms with van der Waals surface area (Å²) in [5, 5.41) is 2.29. The van der Waals surface area contributed by atoms with E-state index in [0.717, 1.165) is 4.90 Å². The number of benzene rings is 2. The number of carbonyl (C=O) groups excluding carboxylic acids is 4. The van der Waals surface area contributed by atoms with Crippen molar-refractivity contribution in [1.82, 2.24) is 4.90 Å². The minimum Gasteiger partial charge on any atom is -0.452 e. The number of rotatable bonds is 6. The summed E-state index contributed by atoms with van der Waals surface area (Å²) in [5.74, 6) is -3.19. The lowest BCUT2D eigenvalue weighted by atomic mass is 10.1. The molecule has 3 amide bonds. The Morgan fingerprint density at radius 3 is 2.54 bits per heavy atom. The first-order valence-electron chi connectivity index (χ1n) is 8.25.